The number of hydrogen-bond acceptors (Lipinski definition) is 5. The molecule has 3 N–H and O–H groups in total. The smallest absolute Gasteiger partial charge is 0.387 e. The van der Waals surface area contributed by atoms with Crippen molar-refractivity contribution in [1.82, 2.24) is 5.32 Å². The highest BCUT2D eigenvalue weighted by atomic mass is 31.2. The lowest BCUT2D eigenvalue weighted by Crippen LogP contribution is -2.45. The molecular formula is C53H104N2O6P+. The van der Waals surface area contributed by atoms with Gasteiger partial charge < -0.3 is 19.8 Å². The summed E-state index contributed by atoms with van der Waals surface area (Å²) in [5.41, 5.74) is 0. The van der Waals surface area contributed by atoms with E-state index >= 15 is 0 Å². The summed E-state index contributed by atoms with van der Waals surface area (Å²) < 4.78 is 23.6. The van der Waals surface area contributed by atoms with Crippen molar-refractivity contribution < 1.29 is 32.9 Å². The van der Waals surface area contributed by atoms with E-state index in [1.807, 2.05) is 27.2 Å². The number of allylic oxidation sites excluding steroid dienone is 5. The molecule has 0 aliphatic heterocycles. The maximum Gasteiger partial charge on any atom is 0.472 e. The summed E-state index contributed by atoms with van der Waals surface area (Å²) in [6.07, 6.45) is 56.6. The third-order valence-electron chi connectivity index (χ3n) is 11.9. The topological polar surface area (TPSA) is 105 Å². The van der Waals surface area contributed by atoms with Crippen molar-refractivity contribution in [2.75, 3.05) is 40.9 Å². The van der Waals surface area contributed by atoms with E-state index in [4.69, 9.17) is 9.05 Å². The molecule has 366 valence electrons. The maximum absolute atomic E-state index is 12.9. The monoisotopic (exact) mass is 896 g/mol. The zero-order valence-corrected chi connectivity index (χ0v) is 42.5. The number of aliphatic hydroxyl groups is 1. The van der Waals surface area contributed by atoms with Crippen molar-refractivity contribution in [3.63, 3.8) is 0 Å². The number of rotatable bonds is 48. The highest BCUT2D eigenvalue weighted by Gasteiger charge is 2.27. The number of phosphoric acid groups is 1. The molecule has 62 heavy (non-hydrogen) atoms. The van der Waals surface area contributed by atoms with Gasteiger partial charge in [-0.05, 0) is 51.4 Å². The molecule has 0 radical (unpaired) electrons. The van der Waals surface area contributed by atoms with Gasteiger partial charge in [-0.3, -0.25) is 13.8 Å². The van der Waals surface area contributed by atoms with Gasteiger partial charge in [0.1, 0.15) is 13.2 Å². The molecule has 0 aromatic heterocycles. The summed E-state index contributed by atoms with van der Waals surface area (Å²) in [5.74, 6) is -0.179. The quantitative estimate of drug-likeness (QED) is 0.0243. The number of hydrogen-bond donors (Lipinski definition) is 3. The lowest BCUT2D eigenvalue weighted by Gasteiger charge is -2.25. The third kappa shape index (κ3) is 46.7. The molecule has 0 rings (SSSR count). The number of quaternary nitrogens is 1. The van der Waals surface area contributed by atoms with Gasteiger partial charge in [-0.25, -0.2) is 4.57 Å². The maximum atomic E-state index is 12.9. The number of likely N-dealkylation sites (N-methyl/N-ethyl adjacent to an activating group) is 1. The molecule has 0 aliphatic carbocycles. The predicted octanol–water partition coefficient (Wildman–Crippen LogP) is 15.4. The number of amides is 1. The van der Waals surface area contributed by atoms with Gasteiger partial charge in [0.15, 0.2) is 0 Å². The summed E-state index contributed by atoms with van der Waals surface area (Å²) in [5, 5.41) is 13.9. The highest BCUT2D eigenvalue weighted by Crippen LogP contribution is 2.43. The highest BCUT2D eigenvalue weighted by molar-refractivity contribution is 7.47. The number of nitrogens with one attached hydrogen (secondary N) is 1. The Morgan fingerprint density at radius 2 is 0.919 bits per heavy atom. The molecule has 0 aromatic rings. The van der Waals surface area contributed by atoms with E-state index in [2.05, 4.69) is 43.5 Å². The Labute approximate surface area is 385 Å². The Hall–Kier alpha value is -1.28. The minimum Gasteiger partial charge on any atom is -0.387 e. The Morgan fingerprint density at radius 1 is 0.548 bits per heavy atom. The lowest BCUT2D eigenvalue weighted by atomic mass is 10.0. The largest absolute Gasteiger partial charge is 0.472 e. The molecule has 3 unspecified atom stereocenters. The zero-order chi connectivity index (χ0) is 45.7. The van der Waals surface area contributed by atoms with E-state index < -0.39 is 20.0 Å². The van der Waals surface area contributed by atoms with Crippen LogP contribution in [0.1, 0.15) is 245 Å². The normalized spacial score (nSPS) is 14.4. The van der Waals surface area contributed by atoms with Crippen LogP contribution in [0.15, 0.2) is 36.5 Å². The van der Waals surface area contributed by atoms with Crippen LogP contribution in [0.4, 0.5) is 0 Å². The van der Waals surface area contributed by atoms with Crippen molar-refractivity contribution in [2.24, 2.45) is 0 Å². The Balaban J connectivity index is 4.17. The molecule has 0 aromatic carbocycles. The Kier molecular flexibility index (Phi) is 44.0. The number of carbonyl (C=O) groups excluding carboxylic acids is 1. The van der Waals surface area contributed by atoms with Crippen molar-refractivity contribution in [3.05, 3.63) is 36.5 Å². The van der Waals surface area contributed by atoms with Crippen molar-refractivity contribution in [1.29, 1.82) is 0 Å². The molecule has 0 saturated carbocycles. The van der Waals surface area contributed by atoms with Crippen molar-refractivity contribution in [2.45, 2.75) is 257 Å². The first-order valence-electron chi connectivity index (χ1n) is 26.4. The molecular weight excluding hydrogens is 792 g/mol. The molecule has 3 atom stereocenters. The summed E-state index contributed by atoms with van der Waals surface area (Å²) in [6.45, 7) is 4.82. The summed E-state index contributed by atoms with van der Waals surface area (Å²) in [4.78, 5) is 23.2. The van der Waals surface area contributed by atoms with Crippen LogP contribution in [0, 0.1) is 0 Å². The zero-order valence-electron chi connectivity index (χ0n) is 41.6. The molecule has 0 aliphatic rings. The van der Waals surface area contributed by atoms with Crippen molar-refractivity contribution in [3.8, 4) is 0 Å². The molecule has 0 saturated heterocycles. The average Bonchev–Trinajstić information content (AvgIpc) is 3.23. The number of phosphoric ester groups is 1. The van der Waals surface area contributed by atoms with Crippen LogP contribution < -0.4 is 5.32 Å². The van der Waals surface area contributed by atoms with Crippen LogP contribution in [-0.4, -0.2) is 73.4 Å². The predicted molar refractivity (Wildman–Crippen MR) is 268 cm³/mol. The fourth-order valence-corrected chi connectivity index (χ4v) is 8.40. The van der Waals surface area contributed by atoms with E-state index in [1.54, 1.807) is 6.08 Å². The van der Waals surface area contributed by atoms with E-state index in [1.165, 1.54) is 180 Å². The number of aliphatic hydroxyl groups excluding tert-OH is 1. The van der Waals surface area contributed by atoms with Gasteiger partial charge in [-0.15, -0.1) is 0 Å². The Morgan fingerprint density at radius 3 is 1.32 bits per heavy atom. The number of unbranched alkanes of at least 4 members (excludes halogenated alkanes) is 31. The molecule has 1 amide bonds. The molecule has 0 spiro atoms. The summed E-state index contributed by atoms with van der Waals surface area (Å²) in [6, 6.07) is -0.846. The average molecular weight is 896 g/mol. The van der Waals surface area contributed by atoms with Crippen LogP contribution in [0.2, 0.25) is 0 Å². The van der Waals surface area contributed by atoms with Gasteiger partial charge in [-0.1, -0.05) is 224 Å². The van der Waals surface area contributed by atoms with E-state index in [0.29, 0.717) is 17.4 Å². The van der Waals surface area contributed by atoms with Gasteiger partial charge in [0.05, 0.1) is 39.9 Å². The van der Waals surface area contributed by atoms with Crippen LogP contribution in [0.3, 0.4) is 0 Å². The second-order valence-corrected chi connectivity index (χ2v) is 20.7. The molecule has 8 nitrogen and oxygen atoms in total. The molecule has 0 heterocycles. The van der Waals surface area contributed by atoms with Crippen molar-refractivity contribution >= 4 is 13.7 Å². The SMILES string of the molecule is CCCCCCCCCCC/C=C\C/C=C\CCCCCCCCCCCCCC(=O)NC(COP(=O)(O)OCC[N+](C)(C)C)C(O)/C=C/CCCCCCCCCCCCC. The fraction of sp³-hybridized carbons (Fsp3) is 0.868. The first-order chi connectivity index (χ1) is 30.0. The fourth-order valence-electron chi connectivity index (χ4n) is 7.66. The second-order valence-electron chi connectivity index (χ2n) is 19.3. The van der Waals surface area contributed by atoms with Gasteiger partial charge in [-0.2, -0.15) is 0 Å². The van der Waals surface area contributed by atoms with Gasteiger partial charge in [0.2, 0.25) is 5.91 Å². The number of nitrogens with zero attached hydrogens (tertiary/aromatic N) is 1. The van der Waals surface area contributed by atoms with E-state index in [9.17, 15) is 19.4 Å². The van der Waals surface area contributed by atoms with Gasteiger partial charge in [0, 0.05) is 6.42 Å². The Bertz CT molecular complexity index is 1110. The number of carbonyl (C=O) groups is 1. The second kappa shape index (κ2) is 44.9. The molecule has 0 bridgehead atoms. The molecule has 9 heteroatoms. The van der Waals surface area contributed by atoms with E-state index in [-0.39, 0.29) is 19.1 Å². The third-order valence-corrected chi connectivity index (χ3v) is 12.8. The van der Waals surface area contributed by atoms with Crippen LogP contribution >= 0.6 is 7.82 Å². The summed E-state index contributed by atoms with van der Waals surface area (Å²) >= 11 is 0. The van der Waals surface area contributed by atoms with Gasteiger partial charge >= 0.3 is 7.82 Å². The molecule has 0 fully saturated rings. The standard InChI is InChI=1S/C53H103N2O6P/c1-6-8-10-12-14-16-18-20-21-22-23-24-25-26-27-28-29-30-31-32-33-35-37-39-41-43-45-47-53(57)54-51(50-61-62(58,59)60-49-48-55(3,4)5)52(56)46-44-42-40-38-36-34-19-17-15-13-11-9-7-2/h23-24,26-27,44,46,51-52,56H,6-22,25,28-43,45,47-50H2,1-5H3,(H-,54,57,58,59)/p+1/b24-23-,27-26-,46-44+. The summed E-state index contributed by atoms with van der Waals surface area (Å²) in [7, 11) is 1.57. The van der Waals surface area contributed by atoms with Crippen LogP contribution in [-0.2, 0) is 18.4 Å². The van der Waals surface area contributed by atoms with E-state index in [0.717, 1.165) is 44.9 Å². The van der Waals surface area contributed by atoms with Crippen LogP contribution in [0.5, 0.6) is 0 Å². The minimum atomic E-state index is -4.34. The minimum absolute atomic E-state index is 0.0613. The first kappa shape index (κ1) is 60.7. The van der Waals surface area contributed by atoms with Gasteiger partial charge in [0.25, 0.3) is 0 Å². The van der Waals surface area contributed by atoms with Crippen LogP contribution in [0.25, 0.3) is 0 Å². The lowest BCUT2D eigenvalue weighted by molar-refractivity contribution is -0.870. The first-order valence-corrected chi connectivity index (χ1v) is 27.9.